The predicted octanol–water partition coefficient (Wildman–Crippen LogP) is 10.7. The van der Waals surface area contributed by atoms with Crippen LogP contribution in [0.4, 0.5) is 0 Å². The maximum absolute atomic E-state index is 4.59. The summed E-state index contributed by atoms with van der Waals surface area (Å²) >= 11 is 3.72. The molecule has 0 saturated heterocycles. The standard InChI is InChI=1S/C35H21NS2/c1-2-10-24-22(8-1)9-7-14-26(24)34-27-12-3-4-13-28(27)35(29-18-19-36-21-31(29)34)37-23-16-17-33-30(20-23)25-11-5-6-15-32(25)38-33/h1-21H. The van der Waals surface area contributed by atoms with Gasteiger partial charge in [-0.25, -0.2) is 0 Å². The van der Waals surface area contributed by atoms with Crippen LogP contribution in [-0.4, -0.2) is 4.98 Å². The second-order valence-corrected chi connectivity index (χ2v) is 11.7. The highest BCUT2D eigenvalue weighted by Gasteiger charge is 2.18. The second kappa shape index (κ2) is 8.70. The smallest absolute Gasteiger partial charge is 0.0356 e. The van der Waals surface area contributed by atoms with Gasteiger partial charge in [-0.15, -0.1) is 11.3 Å². The Bertz CT molecular complexity index is 2110. The summed E-state index contributed by atoms with van der Waals surface area (Å²) < 4.78 is 2.67. The normalized spacial score (nSPS) is 11.8. The average Bonchev–Trinajstić information content (AvgIpc) is 3.35. The molecule has 0 amide bonds. The van der Waals surface area contributed by atoms with Crippen LogP contribution in [0.3, 0.4) is 0 Å². The summed E-state index contributed by atoms with van der Waals surface area (Å²) in [6, 6.07) is 41.9. The molecular formula is C35H21NS2. The number of pyridine rings is 1. The number of benzene rings is 6. The average molecular weight is 520 g/mol. The van der Waals surface area contributed by atoms with E-state index in [1.807, 2.05) is 35.5 Å². The Morgan fingerprint density at radius 2 is 1.24 bits per heavy atom. The van der Waals surface area contributed by atoms with Gasteiger partial charge in [0.15, 0.2) is 0 Å². The van der Waals surface area contributed by atoms with Crippen LogP contribution in [0.15, 0.2) is 137 Å². The first kappa shape index (κ1) is 21.9. The number of aromatic nitrogens is 1. The predicted molar refractivity (Wildman–Crippen MR) is 166 cm³/mol. The largest absolute Gasteiger partial charge is 0.264 e. The van der Waals surface area contributed by atoms with Gasteiger partial charge < -0.3 is 0 Å². The molecule has 8 rings (SSSR count). The van der Waals surface area contributed by atoms with Gasteiger partial charge in [-0.2, -0.15) is 0 Å². The van der Waals surface area contributed by atoms with Gasteiger partial charge in [-0.1, -0.05) is 96.7 Å². The molecule has 0 spiro atoms. The van der Waals surface area contributed by atoms with Crippen molar-refractivity contribution in [1.29, 1.82) is 0 Å². The highest BCUT2D eigenvalue weighted by atomic mass is 32.2. The number of thiophene rings is 1. The maximum atomic E-state index is 4.59. The van der Waals surface area contributed by atoms with E-state index in [4.69, 9.17) is 0 Å². The van der Waals surface area contributed by atoms with Crippen LogP contribution in [0, 0.1) is 0 Å². The topological polar surface area (TPSA) is 12.9 Å². The molecule has 0 saturated carbocycles. The zero-order valence-corrected chi connectivity index (χ0v) is 22.0. The lowest BCUT2D eigenvalue weighted by Crippen LogP contribution is -1.91. The van der Waals surface area contributed by atoms with Crippen molar-refractivity contribution in [3.8, 4) is 11.1 Å². The molecule has 0 atom stereocenters. The third-order valence-electron chi connectivity index (χ3n) is 7.40. The van der Waals surface area contributed by atoms with Crippen molar-refractivity contribution in [2.45, 2.75) is 9.79 Å². The summed E-state index contributed by atoms with van der Waals surface area (Å²) in [5.41, 5.74) is 2.50. The number of fused-ring (bicyclic) bond motifs is 6. The van der Waals surface area contributed by atoms with Crippen LogP contribution in [0.5, 0.6) is 0 Å². The van der Waals surface area contributed by atoms with Crippen LogP contribution in [0.25, 0.3) is 63.6 Å². The van der Waals surface area contributed by atoms with Gasteiger partial charge in [0.05, 0.1) is 0 Å². The van der Waals surface area contributed by atoms with Crippen LogP contribution >= 0.6 is 23.1 Å². The van der Waals surface area contributed by atoms with Gasteiger partial charge in [0.25, 0.3) is 0 Å². The monoisotopic (exact) mass is 519 g/mol. The van der Waals surface area contributed by atoms with E-state index in [1.165, 1.54) is 73.4 Å². The molecule has 0 N–H and O–H groups in total. The Morgan fingerprint density at radius 1 is 0.526 bits per heavy atom. The SMILES string of the molecule is c1ccc2c(-c3c4ccccc4c(Sc4ccc5sc6ccccc6c5c4)c4ccncc34)cccc2c1. The van der Waals surface area contributed by atoms with Gasteiger partial charge in [-0.3, -0.25) is 4.98 Å². The molecule has 6 aromatic carbocycles. The molecule has 0 bridgehead atoms. The van der Waals surface area contributed by atoms with E-state index in [-0.39, 0.29) is 0 Å². The number of hydrogen-bond acceptors (Lipinski definition) is 3. The summed E-state index contributed by atoms with van der Waals surface area (Å²) in [5, 5.41) is 10.1. The third-order valence-corrected chi connectivity index (χ3v) is 9.69. The molecule has 0 radical (unpaired) electrons. The summed E-state index contributed by atoms with van der Waals surface area (Å²) in [5.74, 6) is 0. The van der Waals surface area contributed by atoms with Gasteiger partial charge >= 0.3 is 0 Å². The molecule has 2 heterocycles. The van der Waals surface area contributed by atoms with Gasteiger partial charge in [0, 0.05) is 47.7 Å². The van der Waals surface area contributed by atoms with E-state index in [1.54, 1.807) is 0 Å². The molecule has 0 aliphatic rings. The number of nitrogens with zero attached hydrogens (tertiary/aromatic N) is 1. The van der Waals surface area contributed by atoms with Crippen molar-refractivity contribution in [2.75, 3.05) is 0 Å². The molecule has 2 aromatic heterocycles. The van der Waals surface area contributed by atoms with E-state index in [2.05, 4.69) is 120 Å². The van der Waals surface area contributed by atoms with Crippen molar-refractivity contribution in [3.63, 3.8) is 0 Å². The molecule has 178 valence electrons. The van der Waals surface area contributed by atoms with E-state index < -0.39 is 0 Å². The fraction of sp³-hybridized carbons (Fsp3) is 0. The molecule has 38 heavy (non-hydrogen) atoms. The molecule has 3 heteroatoms. The summed E-state index contributed by atoms with van der Waals surface area (Å²) in [7, 11) is 0. The van der Waals surface area contributed by atoms with E-state index in [9.17, 15) is 0 Å². The Labute approximate surface area is 228 Å². The molecular weight excluding hydrogens is 499 g/mol. The molecule has 0 fully saturated rings. The Kier molecular flexibility index (Phi) is 5.00. The van der Waals surface area contributed by atoms with E-state index in [0.717, 1.165) is 0 Å². The van der Waals surface area contributed by atoms with Crippen molar-refractivity contribution in [2.24, 2.45) is 0 Å². The lowest BCUT2D eigenvalue weighted by molar-refractivity contribution is 1.36. The number of hydrogen-bond donors (Lipinski definition) is 0. The first-order chi connectivity index (χ1) is 18.8. The lowest BCUT2D eigenvalue weighted by atomic mass is 9.90. The Balaban J connectivity index is 1.40. The summed E-state index contributed by atoms with van der Waals surface area (Å²) in [6.07, 6.45) is 3.96. The van der Waals surface area contributed by atoms with E-state index >= 15 is 0 Å². The first-order valence-corrected chi connectivity index (χ1v) is 14.3. The summed E-state index contributed by atoms with van der Waals surface area (Å²) in [6.45, 7) is 0. The minimum atomic E-state index is 1.19. The highest BCUT2D eigenvalue weighted by molar-refractivity contribution is 7.99. The highest BCUT2D eigenvalue weighted by Crippen LogP contribution is 2.47. The molecule has 0 unspecified atom stereocenters. The van der Waals surface area contributed by atoms with Gasteiger partial charge in [-0.05, 0) is 68.4 Å². The minimum Gasteiger partial charge on any atom is -0.264 e. The van der Waals surface area contributed by atoms with Gasteiger partial charge in [0.2, 0.25) is 0 Å². The molecule has 0 aliphatic carbocycles. The zero-order chi connectivity index (χ0) is 25.1. The third kappa shape index (κ3) is 3.36. The van der Waals surface area contributed by atoms with Crippen LogP contribution in [-0.2, 0) is 0 Å². The molecule has 0 aliphatic heterocycles. The van der Waals surface area contributed by atoms with Crippen molar-refractivity contribution in [1.82, 2.24) is 4.98 Å². The molecule has 8 aromatic rings. The zero-order valence-electron chi connectivity index (χ0n) is 20.4. The quantitative estimate of drug-likeness (QED) is 0.215. The lowest BCUT2D eigenvalue weighted by Gasteiger charge is -2.18. The number of rotatable bonds is 3. The minimum absolute atomic E-state index is 1.19. The Morgan fingerprint density at radius 3 is 2.16 bits per heavy atom. The van der Waals surface area contributed by atoms with Crippen molar-refractivity contribution >= 4 is 75.6 Å². The maximum Gasteiger partial charge on any atom is 0.0356 e. The molecule has 1 nitrogen and oxygen atoms in total. The first-order valence-electron chi connectivity index (χ1n) is 12.7. The summed E-state index contributed by atoms with van der Waals surface area (Å²) in [4.78, 5) is 7.12. The van der Waals surface area contributed by atoms with Crippen molar-refractivity contribution < 1.29 is 0 Å². The van der Waals surface area contributed by atoms with Crippen molar-refractivity contribution in [3.05, 3.63) is 128 Å². The van der Waals surface area contributed by atoms with Gasteiger partial charge in [0.1, 0.15) is 0 Å². The van der Waals surface area contributed by atoms with Crippen LogP contribution in [0.1, 0.15) is 0 Å². The Hall–Kier alpha value is -4.18. The van der Waals surface area contributed by atoms with Crippen LogP contribution < -0.4 is 0 Å². The van der Waals surface area contributed by atoms with Crippen LogP contribution in [0.2, 0.25) is 0 Å². The fourth-order valence-corrected chi connectivity index (χ4v) is 7.92. The fourth-order valence-electron chi connectivity index (χ4n) is 5.71. The van der Waals surface area contributed by atoms with E-state index in [0.29, 0.717) is 0 Å². The second-order valence-electron chi connectivity index (χ2n) is 9.56.